The Kier molecular flexibility index (Phi) is 5.87. The first-order chi connectivity index (χ1) is 16.2. The standard InChI is InChI=1S/C27H31FN2O3S/c1-27-11-10-22-21-7-5-20(34(32,33)12-2-3-26(29)31)14-17(21)4-6-23(22)25(27)9-8-24(27)18-13-19(28)16-30-15-18/h5,7-8,13-16,22-23,25H,2-4,6,9-12H2,1H3,(H2,29,31)/t22?,23?,25?,27-/m1/s1. The molecule has 34 heavy (non-hydrogen) atoms. The quantitative estimate of drug-likeness (QED) is 0.640. The number of sulfone groups is 1. The summed E-state index contributed by atoms with van der Waals surface area (Å²) in [6.45, 7) is 2.33. The van der Waals surface area contributed by atoms with Crippen molar-refractivity contribution in [3.8, 4) is 0 Å². The lowest BCUT2D eigenvalue weighted by molar-refractivity contribution is -0.118. The highest BCUT2D eigenvalue weighted by Crippen LogP contribution is 2.63. The maximum atomic E-state index is 13.9. The van der Waals surface area contributed by atoms with Crippen LogP contribution in [0.2, 0.25) is 0 Å². The van der Waals surface area contributed by atoms with Crippen molar-refractivity contribution in [1.29, 1.82) is 0 Å². The third-order valence-electron chi connectivity index (χ3n) is 8.49. The van der Waals surface area contributed by atoms with Crippen molar-refractivity contribution in [3.05, 3.63) is 65.2 Å². The van der Waals surface area contributed by atoms with Crippen molar-refractivity contribution in [2.75, 3.05) is 5.75 Å². The van der Waals surface area contributed by atoms with E-state index in [9.17, 15) is 17.6 Å². The second-order valence-corrected chi connectivity index (χ2v) is 12.5. The van der Waals surface area contributed by atoms with Gasteiger partial charge in [0.25, 0.3) is 0 Å². The summed E-state index contributed by atoms with van der Waals surface area (Å²) < 4.78 is 39.4. The molecule has 2 aromatic rings. The van der Waals surface area contributed by atoms with Crippen LogP contribution in [0.3, 0.4) is 0 Å². The number of rotatable bonds is 6. The number of allylic oxidation sites excluding steroid dienone is 2. The zero-order valence-electron chi connectivity index (χ0n) is 19.5. The molecule has 4 atom stereocenters. The molecule has 180 valence electrons. The SMILES string of the molecule is C[C@]12CCC3c4ccc(S(=O)(=O)CCCC(N)=O)cc4CCC3C1CC=C2c1cncc(F)c1. The number of hydrogen-bond donors (Lipinski definition) is 1. The van der Waals surface area contributed by atoms with E-state index in [0.717, 1.165) is 43.2 Å². The Labute approximate surface area is 200 Å². The number of hydrogen-bond acceptors (Lipinski definition) is 4. The second kappa shape index (κ2) is 8.59. The average Bonchev–Trinajstić information content (AvgIpc) is 3.15. The third kappa shape index (κ3) is 3.98. The summed E-state index contributed by atoms with van der Waals surface area (Å²) in [6.07, 6.45) is 10.6. The molecular formula is C27H31FN2O3S. The van der Waals surface area contributed by atoms with E-state index in [0.29, 0.717) is 22.6 Å². The van der Waals surface area contributed by atoms with Gasteiger partial charge in [-0.15, -0.1) is 0 Å². The number of aryl methyl sites for hydroxylation is 1. The van der Waals surface area contributed by atoms with Crippen molar-refractivity contribution in [3.63, 3.8) is 0 Å². The number of nitrogens with zero attached hydrogens (tertiary/aromatic N) is 1. The molecule has 1 fully saturated rings. The summed E-state index contributed by atoms with van der Waals surface area (Å²) in [4.78, 5) is 15.4. The minimum Gasteiger partial charge on any atom is -0.370 e. The Morgan fingerprint density at radius 3 is 2.82 bits per heavy atom. The highest BCUT2D eigenvalue weighted by molar-refractivity contribution is 7.91. The predicted octanol–water partition coefficient (Wildman–Crippen LogP) is 4.81. The van der Waals surface area contributed by atoms with Gasteiger partial charge in [0.15, 0.2) is 9.84 Å². The summed E-state index contributed by atoms with van der Waals surface area (Å²) in [6, 6.07) is 7.22. The highest BCUT2D eigenvalue weighted by atomic mass is 32.2. The number of aromatic nitrogens is 1. The molecule has 1 saturated carbocycles. The molecular weight excluding hydrogens is 451 g/mol. The molecule has 5 rings (SSSR count). The highest BCUT2D eigenvalue weighted by Gasteiger charge is 2.52. The van der Waals surface area contributed by atoms with Gasteiger partial charge in [-0.2, -0.15) is 0 Å². The lowest BCUT2D eigenvalue weighted by Crippen LogP contribution is -2.41. The summed E-state index contributed by atoms with van der Waals surface area (Å²) in [5.74, 6) is 0.603. The topological polar surface area (TPSA) is 90.1 Å². The molecule has 0 spiro atoms. The number of benzene rings is 1. The maximum Gasteiger partial charge on any atom is 0.217 e. The van der Waals surface area contributed by atoms with Crippen LogP contribution >= 0.6 is 0 Å². The van der Waals surface area contributed by atoms with Crippen LogP contribution in [0.25, 0.3) is 5.57 Å². The zero-order chi connectivity index (χ0) is 24.1. The molecule has 0 bridgehead atoms. The normalized spacial score (nSPS) is 27.9. The molecule has 5 nitrogen and oxygen atoms in total. The van der Waals surface area contributed by atoms with Crippen LogP contribution in [0.4, 0.5) is 4.39 Å². The molecule has 7 heteroatoms. The van der Waals surface area contributed by atoms with E-state index in [4.69, 9.17) is 5.73 Å². The van der Waals surface area contributed by atoms with E-state index < -0.39 is 15.7 Å². The van der Waals surface area contributed by atoms with Crippen LogP contribution in [0, 0.1) is 23.1 Å². The summed E-state index contributed by atoms with van der Waals surface area (Å²) in [5, 5.41) is 0. The first kappa shape index (κ1) is 23.2. The van der Waals surface area contributed by atoms with Gasteiger partial charge in [-0.3, -0.25) is 9.78 Å². The van der Waals surface area contributed by atoms with Crippen LogP contribution in [-0.4, -0.2) is 25.1 Å². The molecule has 1 amide bonds. The Hall–Kier alpha value is -2.54. The Balaban J connectivity index is 1.37. The molecule has 3 aliphatic carbocycles. The predicted molar refractivity (Wildman–Crippen MR) is 129 cm³/mol. The molecule has 0 aliphatic heterocycles. The van der Waals surface area contributed by atoms with Gasteiger partial charge in [0.05, 0.1) is 16.8 Å². The maximum absolute atomic E-state index is 13.9. The van der Waals surface area contributed by atoms with Crippen molar-refractivity contribution in [2.45, 2.75) is 62.7 Å². The van der Waals surface area contributed by atoms with Gasteiger partial charge >= 0.3 is 0 Å². The Morgan fingerprint density at radius 2 is 2.06 bits per heavy atom. The van der Waals surface area contributed by atoms with Crippen LogP contribution in [0.1, 0.15) is 68.1 Å². The van der Waals surface area contributed by atoms with Gasteiger partial charge in [0.2, 0.25) is 5.91 Å². The fourth-order valence-corrected chi connectivity index (χ4v) is 8.24. The first-order valence-electron chi connectivity index (χ1n) is 12.1. The minimum absolute atomic E-state index is 0.0118. The van der Waals surface area contributed by atoms with Crippen molar-refractivity contribution >= 4 is 21.3 Å². The average molecular weight is 483 g/mol. The summed E-state index contributed by atoms with van der Waals surface area (Å²) in [5.41, 5.74) is 9.71. The van der Waals surface area contributed by atoms with Crippen LogP contribution in [0.15, 0.2) is 47.6 Å². The number of pyridine rings is 1. The van der Waals surface area contributed by atoms with Crippen molar-refractivity contribution in [2.24, 2.45) is 23.0 Å². The van der Waals surface area contributed by atoms with E-state index in [-0.39, 0.29) is 29.8 Å². The fourth-order valence-electron chi connectivity index (χ4n) is 6.88. The molecule has 1 aromatic heterocycles. The molecule has 3 unspecified atom stereocenters. The zero-order valence-corrected chi connectivity index (χ0v) is 20.3. The molecule has 1 heterocycles. The molecule has 2 N–H and O–H groups in total. The summed E-state index contributed by atoms with van der Waals surface area (Å²) in [7, 11) is -3.44. The van der Waals surface area contributed by atoms with Gasteiger partial charge in [0.1, 0.15) is 5.82 Å². The van der Waals surface area contributed by atoms with Gasteiger partial charge in [0, 0.05) is 12.6 Å². The Morgan fingerprint density at radius 1 is 1.24 bits per heavy atom. The lowest BCUT2D eigenvalue weighted by atomic mass is 9.54. The van der Waals surface area contributed by atoms with Gasteiger partial charge in [-0.1, -0.05) is 19.1 Å². The number of carbonyl (C=O) groups excluding carboxylic acids is 1. The summed E-state index contributed by atoms with van der Waals surface area (Å²) >= 11 is 0. The number of nitrogens with two attached hydrogens (primary N) is 1. The number of carbonyl (C=O) groups is 1. The number of primary amides is 1. The van der Waals surface area contributed by atoms with Crippen LogP contribution < -0.4 is 5.73 Å². The Bertz CT molecular complexity index is 1270. The molecule has 3 aliphatic rings. The second-order valence-electron chi connectivity index (χ2n) is 10.4. The van der Waals surface area contributed by atoms with Crippen molar-refractivity contribution in [1.82, 2.24) is 4.98 Å². The molecule has 1 aromatic carbocycles. The van der Waals surface area contributed by atoms with Crippen LogP contribution in [-0.2, 0) is 21.1 Å². The third-order valence-corrected chi connectivity index (χ3v) is 10.3. The van der Waals surface area contributed by atoms with E-state index in [1.54, 1.807) is 18.3 Å². The number of fused-ring (bicyclic) bond motifs is 5. The largest absolute Gasteiger partial charge is 0.370 e. The van der Waals surface area contributed by atoms with Crippen LogP contribution in [0.5, 0.6) is 0 Å². The van der Waals surface area contributed by atoms with Gasteiger partial charge in [-0.05, 0) is 102 Å². The van der Waals surface area contributed by atoms with E-state index in [1.165, 1.54) is 17.3 Å². The number of amides is 1. The van der Waals surface area contributed by atoms with E-state index >= 15 is 0 Å². The van der Waals surface area contributed by atoms with E-state index in [1.807, 2.05) is 12.1 Å². The first-order valence-corrected chi connectivity index (χ1v) is 13.8. The molecule has 0 radical (unpaired) electrons. The number of halogens is 1. The van der Waals surface area contributed by atoms with E-state index in [2.05, 4.69) is 18.0 Å². The fraction of sp³-hybridized carbons (Fsp3) is 0.481. The van der Waals surface area contributed by atoms with Crippen molar-refractivity contribution < 1.29 is 17.6 Å². The smallest absolute Gasteiger partial charge is 0.217 e. The molecule has 0 saturated heterocycles. The lowest BCUT2D eigenvalue weighted by Gasteiger charge is -2.50. The van der Waals surface area contributed by atoms with Gasteiger partial charge in [-0.25, -0.2) is 12.8 Å². The minimum atomic E-state index is -3.44. The monoisotopic (exact) mass is 482 g/mol. The van der Waals surface area contributed by atoms with Gasteiger partial charge < -0.3 is 5.73 Å².